The Labute approximate surface area is 135 Å². The number of rotatable bonds is 2. The van der Waals surface area contributed by atoms with Gasteiger partial charge < -0.3 is 9.47 Å². The molecule has 0 saturated heterocycles. The summed E-state index contributed by atoms with van der Waals surface area (Å²) in [6.07, 6.45) is 0. The van der Waals surface area contributed by atoms with Crippen LogP contribution >= 0.6 is 31.9 Å². The van der Waals surface area contributed by atoms with E-state index in [1.807, 2.05) is 13.8 Å². The van der Waals surface area contributed by atoms with Crippen molar-refractivity contribution in [2.75, 3.05) is 14.2 Å². The van der Waals surface area contributed by atoms with Gasteiger partial charge in [-0.25, -0.2) is 0 Å². The molecule has 0 bridgehead atoms. The van der Waals surface area contributed by atoms with E-state index in [1.165, 1.54) is 0 Å². The number of hydrogen-bond acceptors (Lipinski definition) is 4. The number of halogens is 2. The van der Waals surface area contributed by atoms with E-state index < -0.39 is 10.8 Å². The van der Waals surface area contributed by atoms with Gasteiger partial charge in [0.05, 0.1) is 58.0 Å². The maximum Gasteiger partial charge on any atom is 0.119 e. The first-order chi connectivity index (χ1) is 9.35. The number of methoxy groups -OCH3 is 2. The van der Waals surface area contributed by atoms with Crippen LogP contribution in [0.1, 0.15) is 13.8 Å². The van der Waals surface area contributed by atoms with E-state index in [1.54, 1.807) is 14.2 Å². The van der Waals surface area contributed by atoms with Crippen LogP contribution in [-0.4, -0.2) is 23.9 Å². The normalized spacial score (nSPS) is 39.4. The van der Waals surface area contributed by atoms with E-state index >= 15 is 0 Å². The highest BCUT2D eigenvalue weighted by Crippen LogP contribution is 2.69. The number of hydrogen-bond donors (Lipinski definition) is 0. The zero-order valence-electron chi connectivity index (χ0n) is 11.6. The first-order valence-electron chi connectivity index (χ1n) is 6.01. The molecule has 6 heteroatoms. The number of nitriles is 2. The van der Waals surface area contributed by atoms with Crippen molar-refractivity contribution in [3.63, 3.8) is 0 Å². The summed E-state index contributed by atoms with van der Waals surface area (Å²) in [4.78, 5) is -0.526. The van der Waals surface area contributed by atoms with Crippen molar-refractivity contribution < 1.29 is 9.47 Å². The maximum atomic E-state index is 9.44. The first kappa shape index (κ1) is 15.4. The van der Waals surface area contributed by atoms with Crippen LogP contribution in [0.15, 0.2) is 22.7 Å². The molecule has 0 fully saturated rings. The van der Waals surface area contributed by atoms with E-state index in [2.05, 4.69) is 44.0 Å². The Morgan fingerprint density at radius 1 is 0.900 bits per heavy atom. The Hall–Kier alpha value is -0.980. The molecule has 0 aromatic heterocycles. The monoisotopic (exact) mass is 400 g/mol. The van der Waals surface area contributed by atoms with Gasteiger partial charge in [0.1, 0.15) is 11.5 Å². The number of allylic oxidation sites excluding steroid dienone is 4. The van der Waals surface area contributed by atoms with Crippen molar-refractivity contribution in [2.24, 2.45) is 10.8 Å². The summed E-state index contributed by atoms with van der Waals surface area (Å²) in [7, 11) is 3.11. The lowest BCUT2D eigenvalue weighted by Gasteiger charge is -2.40. The third kappa shape index (κ3) is 1.39. The Bertz CT molecular complexity index is 560. The second kappa shape index (κ2) is 4.79. The lowest BCUT2D eigenvalue weighted by molar-refractivity contribution is 0.0832. The molecule has 0 heterocycles. The Morgan fingerprint density at radius 3 is 1.40 bits per heavy atom. The van der Waals surface area contributed by atoms with Gasteiger partial charge >= 0.3 is 0 Å². The second-order valence-electron chi connectivity index (χ2n) is 5.25. The molecule has 0 saturated carbocycles. The van der Waals surface area contributed by atoms with Crippen molar-refractivity contribution in [3.8, 4) is 12.1 Å². The predicted molar refractivity (Wildman–Crippen MR) is 80.9 cm³/mol. The average Bonchev–Trinajstić information content (AvgIpc) is 2.72. The molecule has 2 rings (SSSR count). The molecule has 4 atom stereocenters. The van der Waals surface area contributed by atoms with Crippen molar-refractivity contribution in [2.45, 2.75) is 23.5 Å². The Morgan fingerprint density at radius 2 is 1.20 bits per heavy atom. The smallest absolute Gasteiger partial charge is 0.119 e. The SMILES string of the molecule is COC1=C(C#N)[C@H](Br)[C@@]2(C)C(OC)=C(C#N)[C@H](Br)[C@@]12C. The largest absolute Gasteiger partial charge is 0.499 e. The highest BCUT2D eigenvalue weighted by Gasteiger charge is 2.70. The lowest BCUT2D eigenvalue weighted by Crippen LogP contribution is -2.42. The molecule has 2 aliphatic carbocycles. The van der Waals surface area contributed by atoms with Crippen LogP contribution in [0.2, 0.25) is 0 Å². The van der Waals surface area contributed by atoms with Crippen LogP contribution in [0, 0.1) is 33.5 Å². The van der Waals surface area contributed by atoms with E-state index in [0.29, 0.717) is 22.7 Å². The fraction of sp³-hybridized carbons (Fsp3) is 0.571. The molecule has 4 nitrogen and oxygen atoms in total. The summed E-state index contributed by atoms with van der Waals surface area (Å²) in [6.45, 7) is 3.99. The molecule has 2 aliphatic rings. The van der Waals surface area contributed by atoms with Crippen molar-refractivity contribution in [1.29, 1.82) is 10.5 Å². The van der Waals surface area contributed by atoms with Gasteiger partial charge in [-0.05, 0) is 13.8 Å². The molecule has 0 amide bonds. The second-order valence-corrected chi connectivity index (χ2v) is 7.08. The minimum atomic E-state index is -0.558. The summed E-state index contributed by atoms with van der Waals surface area (Å²) in [5.41, 5.74) is -0.0172. The molecule has 0 radical (unpaired) electrons. The van der Waals surface area contributed by atoms with E-state index in [-0.39, 0.29) is 9.65 Å². The van der Waals surface area contributed by atoms with Crippen LogP contribution in [-0.2, 0) is 9.47 Å². The molecular formula is C14H14Br2N2O2. The fourth-order valence-electron chi connectivity index (χ4n) is 3.45. The van der Waals surface area contributed by atoms with Gasteiger partial charge in [-0.15, -0.1) is 0 Å². The number of nitrogens with zero attached hydrogens (tertiary/aromatic N) is 2. The molecule has 0 aromatic carbocycles. The minimum Gasteiger partial charge on any atom is -0.499 e. The molecule has 20 heavy (non-hydrogen) atoms. The van der Waals surface area contributed by atoms with Gasteiger partial charge in [0, 0.05) is 0 Å². The van der Waals surface area contributed by atoms with Crippen LogP contribution < -0.4 is 0 Å². The van der Waals surface area contributed by atoms with Gasteiger partial charge in [-0.1, -0.05) is 31.9 Å². The molecule has 0 unspecified atom stereocenters. The minimum absolute atomic E-state index is 0.263. The number of ether oxygens (including phenoxy) is 2. The van der Waals surface area contributed by atoms with Gasteiger partial charge in [-0.3, -0.25) is 0 Å². The van der Waals surface area contributed by atoms with Gasteiger partial charge in [0.15, 0.2) is 0 Å². The first-order valence-corrected chi connectivity index (χ1v) is 7.84. The summed E-state index contributed by atoms with van der Waals surface area (Å²) in [5.74, 6) is 1.21. The van der Waals surface area contributed by atoms with Crippen LogP contribution in [0.3, 0.4) is 0 Å². The van der Waals surface area contributed by atoms with Crippen LogP contribution in [0.5, 0.6) is 0 Å². The van der Waals surface area contributed by atoms with Crippen LogP contribution in [0.4, 0.5) is 0 Å². The van der Waals surface area contributed by atoms with Gasteiger partial charge in [0.25, 0.3) is 0 Å². The van der Waals surface area contributed by atoms with Crippen molar-refractivity contribution in [1.82, 2.24) is 0 Å². The quantitative estimate of drug-likeness (QED) is 0.665. The van der Waals surface area contributed by atoms with Crippen molar-refractivity contribution >= 4 is 31.9 Å². The van der Waals surface area contributed by atoms with Crippen LogP contribution in [0.25, 0.3) is 0 Å². The number of alkyl halides is 2. The summed E-state index contributed by atoms with van der Waals surface area (Å²) in [6, 6.07) is 4.44. The highest BCUT2D eigenvalue weighted by atomic mass is 79.9. The third-order valence-corrected chi connectivity index (χ3v) is 7.43. The lowest BCUT2D eigenvalue weighted by atomic mass is 9.68. The molecule has 0 aliphatic heterocycles. The standard InChI is InChI=1S/C14H14Br2N2O2/c1-13-9(15)7(5-17)12(20-4)14(13,2)10(16)8(6-18)11(13)19-3/h9-10H,1-4H3/t9-,10-,13-,14-/m0/s1. The Kier molecular flexibility index (Phi) is 3.69. The van der Waals surface area contributed by atoms with Gasteiger partial charge in [-0.2, -0.15) is 10.5 Å². The van der Waals surface area contributed by atoms with Crippen molar-refractivity contribution in [3.05, 3.63) is 22.7 Å². The highest BCUT2D eigenvalue weighted by molar-refractivity contribution is 9.10. The summed E-state index contributed by atoms with van der Waals surface area (Å²) >= 11 is 7.21. The average molecular weight is 402 g/mol. The zero-order valence-corrected chi connectivity index (χ0v) is 14.8. The molecular weight excluding hydrogens is 388 g/mol. The van der Waals surface area contributed by atoms with E-state index in [0.717, 1.165) is 0 Å². The summed E-state index contributed by atoms with van der Waals surface area (Å²) < 4.78 is 11.1. The summed E-state index contributed by atoms with van der Waals surface area (Å²) in [5, 5.41) is 18.9. The fourth-order valence-corrected chi connectivity index (χ4v) is 5.44. The number of fused-ring (bicyclic) bond motifs is 1. The molecule has 106 valence electrons. The molecule has 0 aromatic rings. The zero-order chi connectivity index (χ0) is 15.3. The van der Waals surface area contributed by atoms with E-state index in [9.17, 15) is 10.5 Å². The topological polar surface area (TPSA) is 66.0 Å². The van der Waals surface area contributed by atoms with Gasteiger partial charge in [0.2, 0.25) is 0 Å². The van der Waals surface area contributed by atoms with E-state index in [4.69, 9.17) is 9.47 Å². The predicted octanol–water partition coefficient (Wildman–Crippen LogP) is 3.40. The molecule has 0 spiro atoms. The maximum absolute atomic E-state index is 9.44. The Balaban J connectivity index is 2.80. The third-order valence-electron chi connectivity index (χ3n) is 4.68. The molecule has 0 N–H and O–H groups in total.